The Kier molecular flexibility index (Phi) is 4.46. The molecule has 0 radical (unpaired) electrons. The van der Waals surface area contributed by atoms with E-state index >= 15 is 0 Å². The maximum Gasteiger partial charge on any atom is 0.315 e. The molecular formula is C18H18O6. The van der Waals surface area contributed by atoms with Crippen molar-refractivity contribution in [3.63, 3.8) is 0 Å². The third kappa shape index (κ3) is 3.08. The van der Waals surface area contributed by atoms with E-state index in [4.69, 9.17) is 23.7 Å². The summed E-state index contributed by atoms with van der Waals surface area (Å²) in [5.74, 6) is 1.94. The predicted molar refractivity (Wildman–Crippen MR) is 86.2 cm³/mol. The molecule has 0 amide bonds. The van der Waals surface area contributed by atoms with Gasteiger partial charge in [0.1, 0.15) is 17.6 Å². The van der Waals surface area contributed by atoms with Gasteiger partial charge in [-0.2, -0.15) is 0 Å². The largest absolute Gasteiger partial charge is 0.497 e. The molecule has 0 N–H and O–H groups in total. The van der Waals surface area contributed by atoms with E-state index in [2.05, 4.69) is 0 Å². The Hall–Kier alpha value is -2.89. The van der Waals surface area contributed by atoms with E-state index in [1.54, 1.807) is 26.4 Å². The van der Waals surface area contributed by atoms with Crippen LogP contribution in [0.4, 0.5) is 0 Å². The lowest BCUT2D eigenvalue weighted by Crippen LogP contribution is -2.13. The van der Waals surface area contributed by atoms with Gasteiger partial charge in [-0.25, -0.2) is 0 Å². The number of carbonyl (C=O) groups is 1. The van der Waals surface area contributed by atoms with E-state index in [9.17, 15) is 4.79 Å². The number of methoxy groups -OCH3 is 3. The molecule has 2 aromatic rings. The molecule has 3 rings (SSSR count). The summed E-state index contributed by atoms with van der Waals surface area (Å²) in [6.07, 6.45) is -0.381. The molecule has 1 heterocycles. The van der Waals surface area contributed by atoms with Crippen molar-refractivity contribution in [3.05, 3.63) is 42.0 Å². The smallest absolute Gasteiger partial charge is 0.315 e. The van der Waals surface area contributed by atoms with Crippen molar-refractivity contribution < 1.29 is 28.5 Å². The minimum atomic E-state index is -0.471. The molecule has 1 aliphatic heterocycles. The predicted octanol–water partition coefficient (Wildman–Crippen LogP) is 3.14. The van der Waals surface area contributed by atoms with Crippen LogP contribution in [0.1, 0.15) is 18.1 Å². The number of esters is 1. The third-order valence-corrected chi connectivity index (χ3v) is 3.77. The van der Waals surface area contributed by atoms with Crippen LogP contribution in [-0.2, 0) is 4.79 Å². The van der Waals surface area contributed by atoms with Gasteiger partial charge in [0, 0.05) is 12.1 Å². The summed E-state index contributed by atoms with van der Waals surface area (Å²) >= 11 is 0. The van der Waals surface area contributed by atoms with Gasteiger partial charge in [-0.3, -0.25) is 4.79 Å². The van der Waals surface area contributed by atoms with Crippen LogP contribution >= 0.6 is 0 Å². The fraction of sp³-hybridized carbons (Fsp3) is 0.278. The van der Waals surface area contributed by atoms with Gasteiger partial charge in [0.2, 0.25) is 5.75 Å². The SMILES string of the molecule is COc1ccc(C2CC(=O)Oc3c(OC)cc(OC)cc3O2)cc1. The van der Waals surface area contributed by atoms with Crippen LogP contribution in [-0.4, -0.2) is 27.3 Å². The maximum absolute atomic E-state index is 12.2. The quantitative estimate of drug-likeness (QED) is 0.634. The van der Waals surface area contributed by atoms with Crippen LogP contribution in [0.15, 0.2) is 36.4 Å². The Bertz CT molecular complexity index is 738. The molecule has 6 heteroatoms. The highest BCUT2D eigenvalue weighted by Gasteiger charge is 2.29. The molecule has 0 aromatic heterocycles. The van der Waals surface area contributed by atoms with Crippen molar-refractivity contribution >= 4 is 5.97 Å². The number of hydrogen-bond acceptors (Lipinski definition) is 6. The van der Waals surface area contributed by atoms with E-state index < -0.39 is 12.1 Å². The van der Waals surface area contributed by atoms with Crippen LogP contribution in [0.3, 0.4) is 0 Å². The van der Waals surface area contributed by atoms with Crippen molar-refractivity contribution in [1.29, 1.82) is 0 Å². The zero-order chi connectivity index (χ0) is 17.1. The highest BCUT2D eigenvalue weighted by Crippen LogP contribution is 2.45. The summed E-state index contributed by atoms with van der Waals surface area (Å²) in [5.41, 5.74) is 0.849. The second kappa shape index (κ2) is 6.70. The van der Waals surface area contributed by atoms with Crippen molar-refractivity contribution in [2.24, 2.45) is 0 Å². The van der Waals surface area contributed by atoms with Gasteiger partial charge in [-0.1, -0.05) is 12.1 Å². The average molecular weight is 330 g/mol. The Morgan fingerprint density at radius 2 is 1.67 bits per heavy atom. The lowest BCUT2D eigenvalue weighted by molar-refractivity contribution is -0.135. The molecule has 1 unspecified atom stereocenters. The van der Waals surface area contributed by atoms with Crippen LogP contribution in [0.5, 0.6) is 28.7 Å². The van der Waals surface area contributed by atoms with Gasteiger partial charge in [0.15, 0.2) is 11.5 Å². The molecule has 1 aliphatic rings. The molecule has 1 atom stereocenters. The molecule has 0 bridgehead atoms. The molecule has 0 spiro atoms. The Labute approximate surface area is 139 Å². The Morgan fingerprint density at radius 3 is 2.29 bits per heavy atom. The van der Waals surface area contributed by atoms with E-state index in [1.807, 2.05) is 24.3 Å². The number of ether oxygens (including phenoxy) is 5. The summed E-state index contributed by atoms with van der Waals surface area (Å²) < 4.78 is 27.1. The molecule has 6 nitrogen and oxygen atoms in total. The highest BCUT2D eigenvalue weighted by atomic mass is 16.6. The first-order valence-electron chi connectivity index (χ1n) is 7.42. The van der Waals surface area contributed by atoms with Crippen molar-refractivity contribution in [2.45, 2.75) is 12.5 Å². The Balaban J connectivity index is 1.99. The minimum absolute atomic E-state index is 0.0898. The summed E-state index contributed by atoms with van der Waals surface area (Å²) in [7, 11) is 4.64. The van der Waals surface area contributed by atoms with E-state index in [0.29, 0.717) is 17.2 Å². The van der Waals surface area contributed by atoms with Gasteiger partial charge in [0.05, 0.1) is 27.8 Å². The van der Waals surface area contributed by atoms with Crippen LogP contribution in [0, 0.1) is 0 Å². The van der Waals surface area contributed by atoms with Gasteiger partial charge >= 0.3 is 5.97 Å². The second-order valence-electron chi connectivity index (χ2n) is 5.21. The van der Waals surface area contributed by atoms with Crippen molar-refractivity contribution in [3.8, 4) is 28.7 Å². The minimum Gasteiger partial charge on any atom is -0.497 e. The van der Waals surface area contributed by atoms with E-state index in [1.165, 1.54) is 7.11 Å². The molecule has 24 heavy (non-hydrogen) atoms. The number of rotatable bonds is 4. The normalized spacial score (nSPS) is 16.3. The van der Waals surface area contributed by atoms with Crippen molar-refractivity contribution in [1.82, 2.24) is 0 Å². The van der Waals surface area contributed by atoms with E-state index in [-0.39, 0.29) is 12.2 Å². The summed E-state index contributed by atoms with van der Waals surface area (Å²) in [6.45, 7) is 0. The highest BCUT2D eigenvalue weighted by molar-refractivity contribution is 5.77. The number of hydrogen-bond donors (Lipinski definition) is 0. The topological polar surface area (TPSA) is 63.2 Å². The van der Waals surface area contributed by atoms with Gasteiger partial charge in [-0.05, 0) is 17.7 Å². The van der Waals surface area contributed by atoms with Gasteiger partial charge < -0.3 is 23.7 Å². The average Bonchev–Trinajstić information content (AvgIpc) is 2.78. The zero-order valence-corrected chi connectivity index (χ0v) is 13.7. The number of carbonyl (C=O) groups excluding carboxylic acids is 1. The molecule has 0 saturated carbocycles. The first-order chi connectivity index (χ1) is 11.6. The summed E-state index contributed by atoms with van der Waals surface area (Å²) in [5, 5.41) is 0. The lowest BCUT2D eigenvalue weighted by atomic mass is 10.1. The maximum atomic E-state index is 12.2. The first-order valence-corrected chi connectivity index (χ1v) is 7.42. The molecular weight excluding hydrogens is 312 g/mol. The lowest BCUT2D eigenvalue weighted by Gasteiger charge is -2.17. The van der Waals surface area contributed by atoms with Gasteiger partial charge in [-0.15, -0.1) is 0 Å². The standard InChI is InChI=1S/C18H18O6/c1-20-12-6-4-11(5-7-12)14-10-17(19)24-18-15(22-3)8-13(21-2)9-16(18)23-14/h4-9,14H,10H2,1-3H3. The Morgan fingerprint density at radius 1 is 0.958 bits per heavy atom. The van der Waals surface area contributed by atoms with Crippen molar-refractivity contribution in [2.75, 3.05) is 21.3 Å². The van der Waals surface area contributed by atoms with Crippen LogP contribution < -0.4 is 23.7 Å². The monoisotopic (exact) mass is 330 g/mol. The molecule has 0 aliphatic carbocycles. The number of benzene rings is 2. The van der Waals surface area contributed by atoms with Crippen LogP contribution in [0.2, 0.25) is 0 Å². The molecule has 126 valence electrons. The van der Waals surface area contributed by atoms with E-state index in [0.717, 1.165) is 11.3 Å². The fourth-order valence-electron chi connectivity index (χ4n) is 2.52. The molecule has 2 aromatic carbocycles. The zero-order valence-electron chi connectivity index (χ0n) is 13.7. The molecule has 0 fully saturated rings. The fourth-order valence-corrected chi connectivity index (χ4v) is 2.52. The van der Waals surface area contributed by atoms with Gasteiger partial charge in [0.25, 0.3) is 0 Å². The van der Waals surface area contributed by atoms with Crippen LogP contribution in [0.25, 0.3) is 0 Å². The first kappa shape index (κ1) is 16.0. The number of fused-ring (bicyclic) bond motifs is 1. The third-order valence-electron chi connectivity index (χ3n) is 3.77. The second-order valence-corrected chi connectivity index (χ2v) is 5.21. The summed E-state index contributed by atoms with van der Waals surface area (Å²) in [6, 6.07) is 10.7. The molecule has 0 saturated heterocycles. The summed E-state index contributed by atoms with van der Waals surface area (Å²) in [4.78, 5) is 12.2.